The highest BCUT2D eigenvalue weighted by atomic mass is 35.5. The molecule has 1 aliphatic carbocycles. The van der Waals surface area contributed by atoms with Crippen molar-refractivity contribution in [3.8, 4) is 11.6 Å². The third-order valence-electron chi connectivity index (χ3n) is 10.3. The van der Waals surface area contributed by atoms with Gasteiger partial charge >= 0.3 is 11.9 Å². The highest BCUT2D eigenvalue weighted by Gasteiger charge is 2.61. The molecule has 0 N–H and O–H groups in total. The van der Waals surface area contributed by atoms with E-state index in [1.165, 1.54) is 6.20 Å². The average molecular weight is 711 g/mol. The Morgan fingerprint density at radius 1 is 1.14 bits per heavy atom. The van der Waals surface area contributed by atoms with Crippen molar-refractivity contribution in [1.29, 1.82) is 0 Å². The van der Waals surface area contributed by atoms with Crippen LogP contribution >= 0.6 is 11.6 Å². The van der Waals surface area contributed by atoms with Gasteiger partial charge in [0, 0.05) is 23.6 Å². The van der Waals surface area contributed by atoms with Gasteiger partial charge in [-0.2, -0.15) is 0 Å². The van der Waals surface area contributed by atoms with E-state index in [0.717, 1.165) is 19.3 Å². The summed E-state index contributed by atoms with van der Waals surface area (Å²) in [5.41, 5.74) is -1.68. The second-order valence-electron chi connectivity index (χ2n) is 15.3. The Hall–Kier alpha value is -3.66. The topological polar surface area (TPSA) is 121 Å². The fraction of sp³-hybridized carbons (Fsp3) is 0.615. The quantitative estimate of drug-likeness (QED) is 0.218. The molecule has 1 aromatic heterocycles. The summed E-state index contributed by atoms with van der Waals surface area (Å²) in [5.74, 6) is -1.27. The minimum absolute atomic E-state index is 0.0516. The van der Waals surface area contributed by atoms with Gasteiger partial charge in [0.05, 0.1) is 55.3 Å². The van der Waals surface area contributed by atoms with E-state index in [0.29, 0.717) is 33.8 Å². The molecule has 1 amide bonds. The van der Waals surface area contributed by atoms with E-state index in [1.807, 2.05) is 13.0 Å². The van der Waals surface area contributed by atoms with Gasteiger partial charge in [0.1, 0.15) is 17.5 Å². The number of nitrogens with zero attached hydrogens (tertiary/aromatic N) is 2. The first kappa shape index (κ1) is 37.6. The van der Waals surface area contributed by atoms with Gasteiger partial charge < -0.3 is 23.8 Å². The van der Waals surface area contributed by atoms with Gasteiger partial charge in [0.25, 0.3) is 0 Å². The second kappa shape index (κ2) is 15.3. The number of methoxy groups -OCH3 is 1. The van der Waals surface area contributed by atoms with Gasteiger partial charge in [-0.25, -0.2) is 4.98 Å². The molecule has 11 heteroatoms. The Balaban J connectivity index is 1.52. The zero-order valence-corrected chi connectivity index (χ0v) is 31.1. The number of fused-ring (bicyclic) bond motifs is 3. The van der Waals surface area contributed by atoms with Gasteiger partial charge in [-0.1, -0.05) is 43.7 Å². The smallest absolute Gasteiger partial charge is 0.313 e. The normalized spacial score (nSPS) is 29.6. The molecule has 1 aromatic carbocycles. The van der Waals surface area contributed by atoms with Gasteiger partial charge in [0.2, 0.25) is 11.8 Å². The van der Waals surface area contributed by atoms with E-state index in [2.05, 4.69) is 24.1 Å². The molecular formula is C39H51ClN2O8. The van der Waals surface area contributed by atoms with E-state index >= 15 is 0 Å². The van der Waals surface area contributed by atoms with Crippen LogP contribution in [0.15, 0.2) is 36.5 Å². The summed E-state index contributed by atoms with van der Waals surface area (Å²) in [7, 11) is 1.54. The van der Waals surface area contributed by atoms with Gasteiger partial charge in [-0.3, -0.25) is 19.2 Å². The lowest BCUT2D eigenvalue weighted by Gasteiger charge is -2.32. The van der Waals surface area contributed by atoms with Crippen molar-refractivity contribution in [2.24, 2.45) is 29.1 Å². The highest BCUT2D eigenvalue weighted by molar-refractivity contribution is 6.36. The molecule has 0 bridgehead atoms. The van der Waals surface area contributed by atoms with Crippen LogP contribution in [0.2, 0.25) is 5.02 Å². The monoisotopic (exact) mass is 710 g/mol. The Bertz CT molecular complexity index is 1640. The number of carbonyl (C=O) groups is 4. The molecule has 2 aromatic rings. The number of allylic oxidation sites excluding steroid dienone is 2. The molecule has 1 saturated carbocycles. The largest absolute Gasteiger partial charge is 0.494 e. The Morgan fingerprint density at radius 3 is 2.60 bits per heavy atom. The van der Waals surface area contributed by atoms with Crippen LogP contribution in [0, 0.1) is 29.1 Å². The maximum Gasteiger partial charge on any atom is 0.313 e. The van der Waals surface area contributed by atoms with Crippen LogP contribution in [0.3, 0.4) is 0 Å². The van der Waals surface area contributed by atoms with Crippen LogP contribution in [-0.2, 0) is 28.7 Å². The molecule has 5 rings (SSSR count). The maximum absolute atomic E-state index is 14.7. The van der Waals surface area contributed by atoms with E-state index in [9.17, 15) is 19.2 Å². The molecule has 2 aliphatic heterocycles. The number of Topliss-reactive ketones (excluding diaryl/α,β-unsaturated/α-hetero) is 1. The summed E-state index contributed by atoms with van der Waals surface area (Å²) >= 11 is 6.55. The number of aromatic nitrogens is 1. The molecule has 1 unspecified atom stereocenters. The summed E-state index contributed by atoms with van der Waals surface area (Å²) in [6, 6.07) is 4.52. The zero-order chi connectivity index (χ0) is 36.4. The summed E-state index contributed by atoms with van der Waals surface area (Å²) in [5, 5.41) is 1.76. The van der Waals surface area contributed by atoms with Crippen LogP contribution in [-0.4, -0.2) is 71.5 Å². The molecule has 0 spiro atoms. The third kappa shape index (κ3) is 8.27. The molecule has 2 fully saturated rings. The number of esters is 2. The van der Waals surface area contributed by atoms with E-state index < -0.39 is 35.0 Å². The predicted octanol–water partition coefficient (Wildman–Crippen LogP) is 7.13. The molecular weight excluding hydrogens is 660 g/mol. The molecule has 3 heterocycles. The Kier molecular flexibility index (Phi) is 11.5. The Morgan fingerprint density at radius 2 is 1.90 bits per heavy atom. The van der Waals surface area contributed by atoms with Crippen molar-refractivity contribution in [3.05, 3.63) is 41.6 Å². The summed E-state index contributed by atoms with van der Waals surface area (Å²) in [4.78, 5) is 61.8. The van der Waals surface area contributed by atoms with E-state index in [4.69, 9.17) is 30.5 Å². The van der Waals surface area contributed by atoms with Crippen molar-refractivity contribution in [2.45, 2.75) is 104 Å². The first-order valence-corrected chi connectivity index (χ1v) is 18.2. The molecule has 272 valence electrons. The number of pyridine rings is 1. The minimum Gasteiger partial charge on any atom is -0.494 e. The summed E-state index contributed by atoms with van der Waals surface area (Å²) in [6.45, 7) is 11.6. The van der Waals surface area contributed by atoms with Gasteiger partial charge in [0.15, 0.2) is 5.78 Å². The second-order valence-corrected chi connectivity index (χ2v) is 15.7. The summed E-state index contributed by atoms with van der Waals surface area (Å²) < 4.78 is 23.2. The van der Waals surface area contributed by atoms with Crippen LogP contribution in [0.25, 0.3) is 10.8 Å². The number of rotatable bonds is 7. The predicted molar refractivity (Wildman–Crippen MR) is 190 cm³/mol. The lowest BCUT2D eigenvalue weighted by Crippen LogP contribution is -2.47. The molecule has 1 saturated heterocycles. The van der Waals surface area contributed by atoms with Crippen molar-refractivity contribution in [2.75, 3.05) is 20.3 Å². The van der Waals surface area contributed by atoms with Crippen LogP contribution in [0.5, 0.6) is 11.6 Å². The highest BCUT2D eigenvalue weighted by Crippen LogP contribution is 2.58. The van der Waals surface area contributed by atoms with Crippen molar-refractivity contribution < 1.29 is 38.1 Å². The number of benzene rings is 1. The van der Waals surface area contributed by atoms with Crippen molar-refractivity contribution >= 4 is 46.0 Å². The minimum atomic E-state index is -0.962. The van der Waals surface area contributed by atoms with Gasteiger partial charge in [-0.15, -0.1) is 0 Å². The number of amides is 1. The number of ether oxygens (including phenoxy) is 4. The first-order chi connectivity index (χ1) is 23.7. The number of carbonyl (C=O) groups excluding carboxylic acids is 4. The molecule has 3 aliphatic rings. The first-order valence-electron chi connectivity index (χ1n) is 17.8. The number of hydrogen-bond acceptors (Lipinski definition) is 9. The maximum atomic E-state index is 14.7. The summed E-state index contributed by atoms with van der Waals surface area (Å²) in [6.07, 6.45) is 8.08. The van der Waals surface area contributed by atoms with E-state index in [1.54, 1.807) is 51.8 Å². The zero-order valence-electron chi connectivity index (χ0n) is 30.3. The van der Waals surface area contributed by atoms with Crippen LogP contribution in [0.4, 0.5) is 0 Å². The van der Waals surface area contributed by atoms with Crippen LogP contribution in [0.1, 0.15) is 86.5 Å². The van der Waals surface area contributed by atoms with Crippen molar-refractivity contribution in [3.63, 3.8) is 0 Å². The fourth-order valence-corrected chi connectivity index (χ4v) is 7.98. The number of hydrogen-bond donors (Lipinski definition) is 0. The lowest BCUT2D eigenvalue weighted by molar-refractivity contribution is -0.160. The standard InChI is InChI=1S/C39H51ClN2O8/c1-8-48-37(46)39-19-25(39)13-10-9-12-23(2)16-24(3)28(18-33(44)50-38(4,5)6)36(45)42-22-26(17-30(42)31(43)20-39)49-35-27-14-11-15-29(40)34(27)32(47-7)21-41-35/h10-11,13-15,21,23-26,28,30H,8-9,12,16-20,22H2,1-7H3/b13-10-/t23?,24-,25-,26-,28+,30+,39-/m1/s1. The average Bonchev–Trinajstić information content (AvgIpc) is 3.57. The van der Waals surface area contributed by atoms with Gasteiger partial charge in [-0.05, 0) is 83.3 Å². The number of halogens is 1. The van der Waals surface area contributed by atoms with E-state index in [-0.39, 0.29) is 67.8 Å². The lowest BCUT2D eigenvalue weighted by atomic mass is 9.82. The Labute approximate surface area is 300 Å². The molecule has 10 nitrogen and oxygen atoms in total. The molecule has 50 heavy (non-hydrogen) atoms. The molecule has 0 radical (unpaired) electrons. The fourth-order valence-electron chi connectivity index (χ4n) is 7.71. The van der Waals surface area contributed by atoms with Crippen molar-refractivity contribution in [1.82, 2.24) is 9.88 Å². The SMILES string of the molecule is CCOC(=O)[C@]12CC(=O)[C@@H]3C[C@@H](Oc4ncc(OC)c5c(Cl)cccc45)CN3C(=O)[C@@H](CC(=O)OC(C)(C)C)[C@H](C)CC(C)CC/C=C\[C@@H]1C2. The molecule has 7 atom stereocenters. The number of ketones is 1. The third-order valence-corrected chi connectivity index (χ3v) is 10.6. The van der Waals surface area contributed by atoms with Crippen LogP contribution < -0.4 is 9.47 Å².